The quantitative estimate of drug-likeness (QED) is 0.835. The van der Waals surface area contributed by atoms with Crippen molar-refractivity contribution in [3.8, 4) is 11.5 Å². The molecule has 16 heavy (non-hydrogen) atoms. The van der Waals surface area contributed by atoms with Gasteiger partial charge in [-0.2, -0.15) is 0 Å². The monoisotopic (exact) mass is 279 g/mol. The molecule has 1 aromatic rings. The zero-order valence-corrected chi connectivity index (χ0v) is 10.9. The highest BCUT2D eigenvalue weighted by Gasteiger charge is 2.16. The van der Waals surface area contributed by atoms with Crippen LogP contribution in [0.2, 0.25) is 0 Å². The Labute approximate surface area is 107 Å². The maximum Gasteiger partial charge on any atom is 0.133 e. The zero-order valence-electron chi connectivity index (χ0n) is 9.29. The fourth-order valence-electron chi connectivity index (χ4n) is 1.39. The molecular weight excluding hydrogens is 268 g/mol. The van der Waals surface area contributed by atoms with Crippen molar-refractivity contribution < 1.29 is 9.47 Å². The Kier molecular flexibility index (Phi) is 4.33. The molecule has 0 aromatic heterocycles. The number of halogens is 1. The van der Waals surface area contributed by atoms with E-state index in [1.807, 2.05) is 0 Å². The third kappa shape index (κ3) is 3.46. The van der Waals surface area contributed by atoms with Gasteiger partial charge in [0.1, 0.15) is 11.5 Å². The number of nitrogens with two attached hydrogens (primary N) is 1. The van der Waals surface area contributed by atoms with Crippen LogP contribution in [0, 0.1) is 0 Å². The number of benzene rings is 1. The molecule has 82 valence electrons. The molecule has 0 saturated carbocycles. The average molecular weight is 280 g/mol. The van der Waals surface area contributed by atoms with Crippen LogP contribution in [0.3, 0.4) is 0 Å². The van der Waals surface area contributed by atoms with Crippen LogP contribution >= 0.6 is 15.9 Å². The van der Waals surface area contributed by atoms with E-state index in [9.17, 15) is 0 Å². The molecule has 0 atom stereocenters. The summed E-state index contributed by atoms with van der Waals surface area (Å²) in [5, 5.41) is -1.27. The summed E-state index contributed by atoms with van der Waals surface area (Å²) < 4.78 is 11.2. The van der Waals surface area contributed by atoms with Crippen LogP contribution < -0.4 is 15.2 Å². The van der Waals surface area contributed by atoms with Gasteiger partial charge in [-0.15, -0.1) is 0 Å². The maximum absolute atomic E-state index is 5.57. The van der Waals surface area contributed by atoms with Crippen molar-refractivity contribution in [2.24, 2.45) is 5.73 Å². The van der Waals surface area contributed by atoms with E-state index in [0.717, 1.165) is 10.0 Å². The van der Waals surface area contributed by atoms with Gasteiger partial charge in [0.15, 0.2) is 0 Å². The summed E-state index contributed by atoms with van der Waals surface area (Å²) in [4.78, 5) is 0. The van der Waals surface area contributed by atoms with E-state index in [2.05, 4.69) is 15.9 Å². The Balaban J connectivity index is 3.15. The lowest BCUT2D eigenvalue weighted by Gasteiger charge is -2.21. The molecule has 6 heteroatoms. The van der Waals surface area contributed by atoms with Crippen molar-refractivity contribution in [1.82, 2.24) is 0 Å². The Morgan fingerprint density at radius 3 is 2.25 bits per heavy atom. The fraction of sp³-hybridized carbons (Fsp3) is 0.400. The Morgan fingerprint density at radius 1 is 1.25 bits per heavy atom. The standard InChI is InChI=1S/C10H12B2BrNO2/c1-15-8-4-7(13)9(16-2)3-6(8)5-10(11,12)14/h3-4H,5,14H2,1-2H3. The first kappa shape index (κ1) is 13.5. The molecule has 0 aliphatic rings. The van der Waals surface area contributed by atoms with Crippen LogP contribution in [0.4, 0.5) is 0 Å². The van der Waals surface area contributed by atoms with Gasteiger partial charge in [-0.1, -0.05) is 5.34 Å². The highest BCUT2D eigenvalue weighted by atomic mass is 79.9. The van der Waals surface area contributed by atoms with Crippen LogP contribution in [0.5, 0.6) is 11.5 Å². The highest BCUT2D eigenvalue weighted by Crippen LogP contribution is 2.33. The SMILES string of the molecule is [B]C([B])(N)Cc1cc(OC)c(Br)cc1OC. The van der Waals surface area contributed by atoms with E-state index in [4.69, 9.17) is 30.9 Å². The number of rotatable bonds is 4. The van der Waals surface area contributed by atoms with E-state index in [1.165, 1.54) is 0 Å². The zero-order chi connectivity index (χ0) is 12.3. The van der Waals surface area contributed by atoms with E-state index >= 15 is 0 Å². The Hall–Kier alpha value is -0.610. The minimum atomic E-state index is -1.27. The van der Waals surface area contributed by atoms with Gasteiger partial charge in [-0.3, -0.25) is 0 Å². The molecule has 2 N–H and O–H groups in total. The molecule has 0 bridgehead atoms. The second kappa shape index (κ2) is 5.15. The third-order valence-corrected chi connectivity index (χ3v) is 2.67. The van der Waals surface area contributed by atoms with Crippen LogP contribution in [-0.2, 0) is 6.42 Å². The topological polar surface area (TPSA) is 44.5 Å². The molecule has 0 aliphatic carbocycles. The molecule has 0 spiro atoms. The van der Waals surface area contributed by atoms with E-state index in [1.54, 1.807) is 26.4 Å². The summed E-state index contributed by atoms with van der Waals surface area (Å²) >= 11 is 3.36. The smallest absolute Gasteiger partial charge is 0.133 e. The maximum atomic E-state index is 5.57. The van der Waals surface area contributed by atoms with Crippen molar-refractivity contribution in [1.29, 1.82) is 0 Å². The lowest BCUT2D eigenvalue weighted by atomic mass is 9.60. The van der Waals surface area contributed by atoms with Crippen molar-refractivity contribution in [3.63, 3.8) is 0 Å². The summed E-state index contributed by atoms with van der Waals surface area (Å²) in [7, 11) is 14.3. The molecule has 0 aliphatic heterocycles. The predicted octanol–water partition coefficient (Wildman–Crippen LogP) is 0.958. The van der Waals surface area contributed by atoms with Gasteiger partial charge >= 0.3 is 0 Å². The largest absolute Gasteiger partial charge is 0.496 e. The average Bonchev–Trinajstić information content (AvgIpc) is 2.18. The Morgan fingerprint density at radius 2 is 1.81 bits per heavy atom. The first-order valence-electron chi connectivity index (χ1n) is 4.64. The lowest BCUT2D eigenvalue weighted by molar-refractivity contribution is 0.396. The molecule has 0 saturated heterocycles. The fourth-order valence-corrected chi connectivity index (χ4v) is 1.88. The van der Waals surface area contributed by atoms with E-state index in [-0.39, 0.29) is 0 Å². The first-order chi connectivity index (χ1) is 7.37. The van der Waals surface area contributed by atoms with E-state index in [0.29, 0.717) is 17.9 Å². The molecular formula is C10H12B2BrNO2. The van der Waals surface area contributed by atoms with Gasteiger partial charge in [0.2, 0.25) is 0 Å². The first-order valence-corrected chi connectivity index (χ1v) is 5.43. The third-order valence-electron chi connectivity index (χ3n) is 2.05. The van der Waals surface area contributed by atoms with Gasteiger partial charge in [-0.05, 0) is 40.0 Å². The van der Waals surface area contributed by atoms with Gasteiger partial charge in [0, 0.05) is 0 Å². The molecule has 0 unspecified atom stereocenters. The second-order valence-corrected chi connectivity index (χ2v) is 4.44. The summed E-state index contributed by atoms with van der Waals surface area (Å²) in [6, 6.07) is 3.59. The summed E-state index contributed by atoms with van der Waals surface area (Å²) in [5.74, 6) is 1.35. The van der Waals surface area contributed by atoms with Crippen LogP contribution in [-0.4, -0.2) is 35.2 Å². The van der Waals surface area contributed by atoms with Gasteiger partial charge < -0.3 is 15.2 Å². The van der Waals surface area contributed by atoms with Crippen molar-refractivity contribution in [3.05, 3.63) is 22.2 Å². The normalized spacial score (nSPS) is 11.2. The van der Waals surface area contributed by atoms with Crippen LogP contribution in [0.1, 0.15) is 5.56 Å². The van der Waals surface area contributed by atoms with Crippen LogP contribution in [0.15, 0.2) is 16.6 Å². The summed E-state index contributed by atoms with van der Waals surface area (Å²) in [6.07, 6.45) is 0.291. The van der Waals surface area contributed by atoms with E-state index < -0.39 is 5.34 Å². The van der Waals surface area contributed by atoms with Crippen molar-refractivity contribution in [2.45, 2.75) is 11.8 Å². The minimum Gasteiger partial charge on any atom is -0.496 e. The number of hydrogen-bond donors (Lipinski definition) is 1. The predicted molar refractivity (Wildman–Crippen MR) is 69.4 cm³/mol. The minimum absolute atomic E-state index is 0.291. The number of ether oxygens (including phenoxy) is 2. The number of methoxy groups -OCH3 is 2. The molecule has 0 fully saturated rings. The van der Waals surface area contributed by atoms with Gasteiger partial charge in [0.05, 0.1) is 34.4 Å². The van der Waals surface area contributed by atoms with Crippen molar-refractivity contribution >= 4 is 31.6 Å². The second-order valence-electron chi connectivity index (χ2n) is 3.59. The molecule has 3 nitrogen and oxygen atoms in total. The highest BCUT2D eigenvalue weighted by molar-refractivity contribution is 9.10. The lowest BCUT2D eigenvalue weighted by Crippen LogP contribution is -2.43. The molecule has 0 amide bonds. The van der Waals surface area contributed by atoms with Crippen LogP contribution in [0.25, 0.3) is 0 Å². The molecule has 0 heterocycles. The molecule has 4 radical (unpaired) electrons. The van der Waals surface area contributed by atoms with Gasteiger partial charge in [0.25, 0.3) is 0 Å². The Bertz CT molecular complexity index is 380. The molecule has 1 aromatic carbocycles. The number of hydrogen-bond acceptors (Lipinski definition) is 3. The van der Waals surface area contributed by atoms with Crippen molar-refractivity contribution in [2.75, 3.05) is 14.2 Å². The molecule has 1 rings (SSSR count). The van der Waals surface area contributed by atoms with Gasteiger partial charge in [-0.25, -0.2) is 0 Å². The summed E-state index contributed by atoms with van der Waals surface area (Å²) in [6.45, 7) is 0. The summed E-state index contributed by atoms with van der Waals surface area (Å²) in [5.41, 5.74) is 6.37.